The van der Waals surface area contributed by atoms with Crippen LogP contribution in [0.2, 0.25) is 0 Å². The zero-order valence-electron chi connectivity index (χ0n) is 14.9. The Hall–Kier alpha value is -2.67. The first-order valence-corrected chi connectivity index (χ1v) is 8.77. The largest absolute Gasteiger partial charge is 0.388 e. The molecule has 26 heavy (non-hydrogen) atoms. The molecule has 0 bridgehead atoms. The number of hydrogen-bond acceptors (Lipinski definition) is 4. The van der Waals surface area contributed by atoms with Crippen molar-refractivity contribution in [3.05, 3.63) is 48.5 Å². The van der Waals surface area contributed by atoms with Gasteiger partial charge in [0.25, 0.3) is 0 Å². The van der Waals surface area contributed by atoms with Crippen LogP contribution in [0.15, 0.2) is 43.0 Å². The van der Waals surface area contributed by atoms with Gasteiger partial charge in [-0.15, -0.1) is 0 Å². The van der Waals surface area contributed by atoms with E-state index in [0.29, 0.717) is 32.5 Å². The molecule has 2 aromatic rings. The normalized spacial score (nSPS) is 16.3. The molecule has 0 atom stereocenters. The van der Waals surface area contributed by atoms with Crippen molar-refractivity contribution in [1.29, 1.82) is 0 Å². The molecule has 1 aromatic carbocycles. The van der Waals surface area contributed by atoms with Crippen LogP contribution in [0.5, 0.6) is 0 Å². The van der Waals surface area contributed by atoms with E-state index in [0.717, 1.165) is 11.3 Å². The monoisotopic (exact) mass is 356 g/mol. The highest BCUT2D eigenvalue weighted by Crippen LogP contribution is 2.24. The van der Waals surface area contributed by atoms with Crippen LogP contribution in [-0.4, -0.2) is 50.1 Å². The zero-order chi connectivity index (χ0) is 18.6. The van der Waals surface area contributed by atoms with Gasteiger partial charge in [-0.2, -0.15) is 0 Å². The summed E-state index contributed by atoms with van der Waals surface area (Å²) in [6, 6.07) is 7.46. The number of benzene rings is 1. The highest BCUT2D eigenvalue weighted by molar-refractivity contribution is 6.03. The lowest BCUT2D eigenvalue weighted by molar-refractivity contribution is -0.138. The molecular formula is C19H24N4O3. The van der Waals surface area contributed by atoms with Crippen molar-refractivity contribution >= 4 is 17.5 Å². The number of nitrogens with zero attached hydrogens (tertiary/aromatic N) is 3. The van der Waals surface area contributed by atoms with Crippen LogP contribution in [-0.2, 0) is 16.1 Å². The van der Waals surface area contributed by atoms with Crippen molar-refractivity contribution in [2.75, 3.05) is 18.4 Å². The highest BCUT2D eigenvalue weighted by Gasteiger charge is 2.34. The maximum Gasteiger partial charge on any atom is 0.233 e. The Bertz CT molecular complexity index is 765. The Labute approximate surface area is 152 Å². The highest BCUT2D eigenvalue weighted by atomic mass is 16.3. The van der Waals surface area contributed by atoms with Crippen LogP contribution in [0, 0.1) is 6.92 Å². The second kappa shape index (κ2) is 7.70. The SMILES string of the molecule is Cc1ccccc1NC(=O)CC(=O)N1CCC(O)(Cn2ccnc2)CC1. The number of para-hydroxylation sites is 1. The van der Waals surface area contributed by atoms with Gasteiger partial charge in [-0.1, -0.05) is 18.2 Å². The summed E-state index contributed by atoms with van der Waals surface area (Å²) in [5.74, 6) is -0.524. The molecule has 1 fully saturated rings. The van der Waals surface area contributed by atoms with Crippen molar-refractivity contribution < 1.29 is 14.7 Å². The number of imidazole rings is 1. The molecule has 0 spiro atoms. The standard InChI is InChI=1S/C19H24N4O3/c1-15-4-2-3-5-16(15)21-17(24)12-18(25)23-9-6-19(26,7-10-23)13-22-11-8-20-14-22/h2-5,8,11,14,26H,6-7,9-10,12-13H2,1H3,(H,21,24). The van der Waals surface area contributed by atoms with Crippen LogP contribution in [0.25, 0.3) is 0 Å². The van der Waals surface area contributed by atoms with Gasteiger partial charge in [-0.25, -0.2) is 4.98 Å². The summed E-state index contributed by atoms with van der Waals surface area (Å²) in [5, 5.41) is 13.5. The average molecular weight is 356 g/mol. The number of rotatable bonds is 5. The summed E-state index contributed by atoms with van der Waals surface area (Å²) in [4.78, 5) is 30.1. The van der Waals surface area contributed by atoms with Crippen LogP contribution < -0.4 is 5.32 Å². The van der Waals surface area contributed by atoms with E-state index < -0.39 is 5.60 Å². The molecule has 1 aliphatic rings. The summed E-state index contributed by atoms with van der Waals surface area (Å²) < 4.78 is 1.84. The van der Waals surface area contributed by atoms with Crippen molar-refractivity contribution in [1.82, 2.24) is 14.5 Å². The minimum absolute atomic E-state index is 0.186. The molecule has 2 amide bonds. The number of carbonyl (C=O) groups excluding carboxylic acids is 2. The van der Waals surface area contributed by atoms with Gasteiger partial charge in [-0.3, -0.25) is 9.59 Å². The molecule has 2 heterocycles. The number of amides is 2. The number of aryl methyl sites for hydroxylation is 1. The van der Waals surface area contributed by atoms with Crippen molar-refractivity contribution in [3.8, 4) is 0 Å². The van der Waals surface area contributed by atoms with E-state index >= 15 is 0 Å². The lowest BCUT2D eigenvalue weighted by atomic mass is 9.91. The molecule has 0 aliphatic carbocycles. The van der Waals surface area contributed by atoms with Crippen LogP contribution in [0.3, 0.4) is 0 Å². The van der Waals surface area contributed by atoms with E-state index in [-0.39, 0.29) is 18.2 Å². The summed E-state index contributed by atoms with van der Waals surface area (Å²) in [6.45, 7) is 3.26. The first-order chi connectivity index (χ1) is 12.5. The van der Waals surface area contributed by atoms with Gasteiger partial charge in [0.2, 0.25) is 11.8 Å². The predicted molar refractivity (Wildman–Crippen MR) is 97.4 cm³/mol. The molecule has 0 saturated carbocycles. The molecule has 1 aromatic heterocycles. The average Bonchev–Trinajstić information content (AvgIpc) is 3.10. The van der Waals surface area contributed by atoms with Crippen LogP contribution >= 0.6 is 0 Å². The number of piperidine rings is 1. The van der Waals surface area contributed by atoms with Gasteiger partial charge in [0.1, 0.15) is 6.42 Å². The molecule has 3 rings (SSSR count). The molecule has 2 N–H and O–H groups in total. The van der Waals surface area contributed by atoms with Gasteiger partial charge in [0.05, 0.1) is 18.5 Å². The number of aromatic nitrogens is 2. The summed E-state index contributed by atoms with van der Waals surface area (Å²) >= 11 is 0. The number of hydrogen-bond donors (Lipinski definition) is 2. The Morgan fingerprint density at radius 3 is 2.65 bits per heavy atom. The van der Waals surface area contributed by atoms with Gasteiger partial charge >= 0.3 is 0 Å². The third-order valence-electron chi connectivity index (χ3n) is 4.81. The second-order valence-corrected chi connectivity index (χ2v) is 6.88. The molecule has 0 radical (unpaired) electrons. The predicted octanol–water partition coefficient (Wildman–Crippen LogP) is 1.57. The van der Waals surface area contributed by atoms with E-state index in [1.165, 1.54) is 0 Å². The molecule has 1 aliphatic heterocycles. The molecule has 7 heteroatoms. The van der Waals surface area contributed by atoms with Crippen molar-refractivity contribution in [2.24, 2.45) is 0 Å². The molecule has 1 saturated heterocycles. The quantitative estimate of drug-likeness (QED) is 0.796. The Morgan fingerprint density at radius 2 is 2.00 bits per heavy atom. The molecule has 7 nitrogen and oxygen atoms in total. The molecular weight excluding hydrogens is 332 g/mol. The topological polar surface area (TPSA) is 87.5 Å². The number of aliphatic hydroxyl groups is 1. The number of carbonyl (C=O) groups is 2. The summed E-state index contributed by atoms with van der Waals surface area (Å²) in [5.41, 5.74) is 0.829. The molecule has 0 unspecified atom stereocenters. The Morgan fingerprint density at radius 1 is 1.27 bits per heavy atom. The van der Waals surface area contributed by atoms with Gasteiger partial charge in [-0.05, 0) is 31.4 Å². The maximum atomic E-state index is 12.4. The third kappa shape index (κ3) is 4.49. The van der Waals surface area contributed by atoms with E-state index in [1.807, 2.05) is 42.0 Å². The van der Waals surface area contributed by atoms with Crippen LogP contribution in [0.1, 0.15) is 24.8 Å². The Kier molecular flexibility index (Phi) is 5.37. The minimum atomic E-state index is -0.846. The van der Waals surface area contributed by atoms with Crippen molar-refractivity contribution in [2.45, 2.75) is 38.3 Å². The fourth-order valence-corrected chi connectivity index (χ4v) is 3.21. The first kappa shape index (κ1) is 18.1. The third-order valence-corrected chi connectivity index (χ3v) is 4.81. The fourth-order valence-electron chi connectivity index (χ4n) is 3.21. The second-order valence-electron chi connectivity index (χ2n) is 6.88. The number of nitrogens with one attached hydrogen (secondary N) is 1. The molecule has 138 valence electrons. The Balaban J connectivity index is 1.49. The zero-order valence-corrected chi connectivity index (χ0v) is 14.9. The van der Waals surface area contributed by atoms with Gasteiger partial charge < -0.3 is 19.9 Å². The smallest absolute Gasteiger partial charge is 0.233 e. The van der Waals surface area contributed by atoms with Gasteiger partial charge in [0, 0.05) is 31.2 Å². The number of likely N-dealkylation sites (tertiary alicyclic amines) is 1. The van der Waals surface area contributed by atoms with E-state index in [4.69, 9.17) is 0 Å². The van der Waals surface area contributed by atoms with Crippen molar-refractivity contribution in [3.63, 3.8) is 0 Å². The minimum Gasteiger partial charge on any atom is -0.388 e. The maximum absolute atomic E-state index is 12.4. The summed E-state index contributed by atoms with van der Waals surface area (Å²) in [7, 11) is 0. The number of anilines is 1. The van der Waals surface area contributed by atoms with E-state index in [1.54, 1.807) is 17.4 Å². The van der Waals surface area contributed by atoms with Crippen LogP contribution in [0.4, 0.5) is 5.69 Å². The lowest BCUT2D eigenvalue weighted by Gasteiger charge is -2.38. The van der Waals surface area contributed by atoms with E-state index in [2.05, 4.69) is 10.3 Å². The van der Waals surface area contributed by atoms with E-state index in [9.17, 15) is 14.7 Å². The lowest BCUT2D eigenvalue weighted by Crippen LogP contribution is -2.49. The first-order valence-electron chi connectivity index (χ1n) is 8.77. The van der Waals surface area contributed by atoms with Gasteiger partial charge in [0.15, 0.2) is 0 Å². The summed E-state index contributed by atoms with van der Waals surface area (Å²) in [6.07, 6.45) is 5.94. The fraction of sp³-hybridized carbons (Fsp3) is 0.421.